The molecule has 64 valence electrons. The van der Waals surface area contributed by atoms with Crippen molar-refractivity contribution >= 4 is 31.9 Å². The summed E-state index contributed by atoms with van der Waals surface area (Å²) in [6, 6.07) is 0. The Balaban J connectivity index is 2.07. The molecule has 2 fully saturated rings. The lowest BCUT2D eigenvalue weighted by Crippen LogP contribution is -2.30. The van der Waals surface area contributed by atoms with Crippen LogP contribution in [0.25, 0.3) is 0 Å². The Labute approximate surface area is 82.2 Å². The summed E-state index contributed by atoms with van der Waals surface area (Å²) in [5, 5.41) is 18.6. The SMILES string of the molecule is OC1CC2C(CC1O)C2(Br)Br. The summed E-state index contributed by atoms with van der Waals surface area (Å²) >= 11 is 7.06. The summed E-state index contributed by atoms with van der Waals surface area (Å²) in [5.74, 6) is 1.00. The number of halogens is 2. The highest BCUT2D eigenvalue weighted by Crippen LogP contribution is 2.67. The highest BCUT2D eigenvalue weighted by molar-refractivity contribution is 9.25. The van der Waals surface area contributed by atoms with Crippen molar-refractivity contribution in [2.45, 2.75) is 28.3 Å². The van der Waals surface area contributed by atoms with Gasteiger partial charge in [-0.1, -0.05) is 31.9 Å². The summed E-state index contributed by atoms with van der Waals surface area (Å²) in [6.07, 6.45) is 0.381. The molecule has 0 aromatic rings. The van der Waals surface area contributed by atoms with Crippen molar-refractivity contribution in [3.63, 3.8) is 0 Å². The topological polar surface area (TPSA) is 40.5 Å². The van der Waals surface area contributed by atoms with Gasteiger partial charge in [-0.15, -0.1) is 0 Å². The molecule has 2 nitrogen and oxygen atoms in total. The molecular formula is C7H10Br2O2. The third kappa shape index (κ3) is 1.19. The monoisotopic (exact) mass is 284 g/mol. The highest BCUT2D eigenvalue weighted by Gasteiger charge is 2.64. The van der Waals surface area contributed by atoms with Crippen molar-refractivity contribution in [2.24, 2.45) is 11.8 Å². The summed E-state index contributed by atoms with van der Waals surface area (Å²) in [6.45, 7) is 0. The van der Waals surface area contributed by atoms with Crippen LogP contribution in [0, 0.1) is 11.8 Å². The Morgan fingerprint density at radius 2 is 1.36 bits per heavy atom. The zero-order valence-electron chi connectivity index (χ0n) is 5.87. The van der Waals surface area contributed by atoms with Gasteiger partial charge in [0.2, 0.25) is 0 Å². The van der Waals surface area contributed by atoms with Crippen LogP contribution in [0.3, 0.4) is 0 Å². The molecule has 0 aliphatic heterocycles. The first-order valence-corrected chi connectivity index (χ1v) is 5.36. The van der Waals surface area contributed by atoms with E-state index in [1.54, 1.807) is 0 Å². The van der Waals surface area contributed by atoms with Gasteiger partial charge in [-0.05, 0) is 24.7 Å². The van der Waals surface area contributed by atoms with Crippen LogP contribution in [0.15, 0.2) is 0 Å². The Hall–Kier alpha value is 0.880. The molecule has 0 radical (unpaired) electrons. The van der Waals surface area contributed by atoms with E-state index in [1.165, 1.54) is 0 Å². The molecule has 0 aromatic carbocycles. The third-order valence-corrected chi connectivity index (χ3v) is 5.15. The summed E-state index contributed by atoms with van der Waals surface area (Å²) in [5.41, 5.74) is 0. The molecule has 0 aromatic heterocycles. The Morgan fingerprint density at radius 1 is 1.00 bits per heavy atom. The minimum atomic E-state index is -0.520. The predicted octanol–water partition coefficient (Wildman–Crippen LogP) is 1.23. The quantitative estimate of drug-likeness (QED) is 0.658. The van der Waals surface area contributed by atoms with Crippen molar-refractivity contribution in [3.8, 4) is 0 Å². The van der Waals surface area contributed by atoms with E-state index in [4.69, 9.17) is 0 Å². The van der Waals surface area contributed by atoms with E-state index >= 15 is 0 Å². The summed E-state index contributed by atoms with van der Waals surface area (Å²) in [4.78, 5) is 0. The van der Waals surface area contributed by atoms with E-state index in [-0.39, 0.29) is 3.23 Å². The minimum absolute atomic E-state index is 0.0124. The second-order valence-corrected chi connectivity index (χ2v) is 7.18. The average molecular weight is 286 g/mol. The van der Waals surface area contributed by atoms with Crippen molar-refractivity contribution in [1.82, 2.24) is 0 Å². The number of aliphatic hydroxyl groups is 2. The van der Waals surface area contributed by atoms with Crippen LogP contribution in [-0.2, 0) is 0 Å². The maximum Gasteiger partial charge on any atom is 0.0870 e. The molecule has 2 rings (SSSR count). The lowest BCUT2D eigenvalue weighted by Gasteiger charge is -2.21. The fraction of sp³-hybridized carbons (Fsp3) is 1.00. The van der Waals surface area contributed by atoms with Gasteiger partial charge in [0.05, 0.1) is 15.4 Å². The second kappa shape index (κ2) is 2.44. The molecule has 0 bridgehead atoms. The maximum absolute atomic E-state index is 9.32. The lowest BCUT2D eigenvalue weighted by atomic mass is 9.95. The number of hydrogen-bond acceptors (Lipinski definition) is 2. The Morgan fingerprint density at radius 3 is 1.73 bits per heavy atom. The van der Waals surface area contributed by atoms with Gasteiger partial charge in [-0.2, -0.15) is 0 Å². The van der Waals surface area contributed by atoms with Gasteiger partial charge in [0.15, 0.2) is 0 Å². The lowest BCUT2D eigenvalue weighted by molar-refractivity contribution is -0.0119. The van der Waals surface area contributed by atoms with E-state index in [0.717, 1.165) is 0 Å². The van der Waals surface area contributed by atoms with Crippen LogP contribution >= 0.6 is 31.9 Å². The molecule has 0 amide bonds. The van der Waals surface area contributed by atoms with Crippen LogP contribution in [0.2, 0.25) is 0 Å². The molecule has 0 saturated heterocycles. The van der Waals surface area contributed by atoms with E-state index in [9.17, 15) is 10.2 Å². The number of aliphatic hydroxyl groups excluding tert-OH is 2. The molecule has 4 heteroatoms. The van der Waals surface area contributed by atoms with Gasteiger partial charge in [0.1, 0.15) is 0 Å². The molecule has 2 saturated carbocycles. The number of hydrogen-bond donors (Lipinski definition) is 2. The molecule has 11 heavy (non-hydrogen) atoms. The smallest absolute Gasteiger partial charge is 0.0870 e. The van der Waals surface area contributed by atoms with Crippen LogP contribution in [-0.4, -0.2) is 25.7 Å². The average Bonchev–Trinajstić information content (AvgIpc) is 2.39. The van der Waals surface area contributed by atoms with Crippen molar-refractivity contribution in [3.05, 3.63) is 0 Å². The largest absolute Gasteiger partial charge is 0.390 e. The molecule has 2 aliphatic carbocycles. The first kappa shape index (κ1) is 8.48. The van der Waals surface area contributed by atoms with Crippen LogP contribution in [0.4, 0.5) is 0 Å². The van der Waals surface area contributed by atoms with E-state index in [2.05, 4.69) is 31.9 Å². The van der Waals surface area contributed by atoms with Crippen molar-refractivity contribution < 1.29 is 10.2 Å². The highest BCUT2D eigenvalue weighted by atomic mass is 79.9. The zero-order chi connectivity index (χ0) is 8.22. The molecule has 2 N–H and O–H groups in total. The molecule has 4 atom stereocenters. The van der Waals surface area contributed by atoms with Crippen molar-refractivity contribution in [2.75, 3.05) is 0 Å². The van der Waals surface area contributed by atoms with Gasteiger partial charge in [-0.25, -0.2) is 0 Å². The summed E-state index contributed by atoms with van der Waals surface area (Å²) in [7, 11) is 0. The maximum atomic E-state index is 9.32. The Kier molecular flexibility index (Phi) is 1.88. The van der Waals surface area contributed by atoms with E-state index in [0.29, 0.717) is 24.7 Å². The van der Waals surface area contributed by atoms with Crippen LogP contribution in [0.1, 0.15) is 12.8 Å². The van der Waals surface area contributed by atoms with Gasteiger partial charge >= 0.3 is 0 Å². The molecular weight excluding hydrogens is 276 g/mol. The second-order valence-electron chi connectivity index (χ2n) is 3.49. The minimum Gasteiger partial charge on any atom is -0.390 e. The Bertz CT molecular complexity index is 165. The van der Waals surface area contributed by atoms with Crippen LogP contribution < -0.4 is 0 Å². The van der Waals surface area contributed by atoms with Gasteiger partial charge in [0.25, 0.3) is 0 Å². The molecule has 0 heterocycles. The van der Waals surface area contributed by atoms with Gasteiger partial charge in [0, 0.05) is 0 Å². The molecule has 2 aliphatic rings. The summed E-state index contributed by atoms with van der Waals surface area (Å²) < 4.78 is 0.0124. The molecule has 4 unspecified atom stereocenters. The zero-order valence-corrected chi connectivity index (χ0v) is 9.05. The number of alkyl halides is 2. The predicted molar refractivity (Wildman–Crippen MR) is 48.8 cm³/mol. The van der Waals surface area contributed by atoms with Crippen molar-refractivity contribution in [1.29, 1.82) is 0 Å². The van der Waals surface area contributed by atoms with Gasteiger partial charge in [-0.3, -0.25) is 0 Å². The third-order valence-electron chi connectivity index (χ3n) is 2.80. The van der Waals surface area contributed by atoms with E-state index < -0.39 is 12.2 Å². The first-order valence-electron chi connectivity index (χ1n) is 3.77. The fourth-order valence-electron chi connectivity index (χ4n) is 1.94. The first-order chi connectivity index (χ1) is 5.03. The standard InChI is InChI=1S/C7H10Br2O2/c8-7(9)3-1-5(10)6(11)2-4(3)7/h3-6,10-11H,1-2H2. The number of rotatable bonds is 0. The number of fused-ring (bicyclic) bond motifs is 1. The van der Waals surface area contributed by atoms with Crippen LogP contribution in [0.5, 0.6) is 0 Å². The normalized spacial score (nSPS) is 53.5. The fourth-order valence-corrected chi connectivity index (χ4v) is 3.70. The molecule has 0 spiro atoms. The van der Waals surface area contributed by atoms with E-state index in [1.807, 2.05) is 0 Å². The van der Waals surface area contributed by atoms with Gasteiger partial charge < -0.3 is 10.2 Å².